The van der Waals surface area contributed by atoms with Gasteiger partial charge in [-0.15, -0.1) is 0 Å². The molecular formula is C9H9F3NS. The Balaban J connectivity index is 2.84. The number of aromatic nitrogens is 1. The number of pyridine rings is 1. The number of rotatable bonds is 2. The zero-order chi connectivity index (χ0) is 10.8. The van der Waals surface area contributed by atoms with E-state index in [0.717, 1.165) is 0 Å². The molecule has 0 aliphatic carbocycles. The number of halogens is 3. The molecule has 1 radical (unpaired) electrons. The molecular weight excluding hydrogens is 211 g/mol. The second-order valence-electron chi connectivity index (χ2n) is 3.07. The topological polar surface area (TPSA) is 12.9 Å². The molecule has 1 heterocycles. The van der Waals surface area contributed by atoms with Gasteiger partial charge in [0.2, 0.25) is 0 Å². The van der Waals surface area contributed by atoms with Crippen LogP contribution < -0.4 is 0 Å². The van der Waals surface area contributed by atoms with Gasteiger partial charge in [-0.25, -0.2) is 0 Å². The summed E-state index contributed by atoms with van der Waals surface area (Å²) in [6.45, 7) is 3.77. The molecule has 0 aliphatic heterocycles. The van der Waals surface area contributed by atoms with Crippen molar-refractivity contribution < 1.29 is 13.2 Å². The number of alkyl halides is 3. The zero-order valence-corrected chi connectivity index (χ0v) is 8.54. The molecule has 0 saturated carbocycles. The maximum atomic E-state index is 12.0. The SMILES string of the molecule is CC(C)c1[c]ncc(SC(F)(F)F)c1. The Morgan fingerprint density at radius 1 is 1.43 bits per heavy atom. The van der Waals surface area contributed by atoms with Crippen LogP contribution in [0.2, 0.25) is 0 Å². The van der Waals surface area contributed by atoms with E-state index in [2.05, 4.69) is 11.2 Å². The number of hydrogen-bond donors (Lipinski definition) is 0. The first kappa shape index (κ1) is 11.4. The molecule has 0 spiro atoms. The molecule has 14 heavy (non-hydrogen) atoms. The minimum Gasteiger partial charge on any atom is -0.253 e. The summed E-state index contributed by atoms with van der Waals surface area (Å²) in [5.74, 6) is 0.135. The Morgan fingerprint density at radius 3 is 2.57 bits per heavy atom. The van der Waals surface area contributed by atoms with Gasteiger partial charge in [-0.3, -0.25) is 4.98 Å². The Hall–Kier alpha value is -0.710. The minimum atomic E-state index is -4.25. The molecule has 5 heteroatoms. The van der Waals surface area contributed by atoms with Crippen LogP contribution in [0.1, 0.15) is 25.3 Å². The molecule has 0 aromatic carbocycles. The summed E-state index contributed by atoms with van der Waals surface area (Å²) in [4.78, 5) is 3.76. The lowest BCUT2D eigenvalue weighted by Gasteiger charge is -2.08. The standard InChI is InChI=1S/C9H9F3NS/c1-6(2)7-3-8(5-13-4-7)14-9(10,11)12/h3,5-6H,1-2H3. The van der Waals surface area contributed by atoms with Crippen LogP contribution in [-0.2, 0) is 0 Å². The van der Waals surface area contributed by atoms with Gasteiger partial charge in [-0.1, -0.05) is 13.8 Å². The van der Waals surface area contributed by atoms with E-state index < -0.39 is 5.51 Å². The van der Waals surface area contributed by atoms with Crippen LogP contribution in [0.5, 0.6) is 0 Å². The highest BCUT2D eigenvalue weighted by Gasteiger charge is 2.29. The van der Waals surface area contributed by atoms with Gasteiger partial charge in [0.05, 0.1) is 6.20 Å². The molecule has 77 valence electrons. The smallest absolute Gasteiger partial charge is 0.253 e. The highest BCUT2D eigenvalue weighted by atomic mass is 32.2. The van der Waals surface area contributed by atoms with Gasteiger partial charge in [-0.2, -0.15) is 13.2 Å². The molecule has 1 aromatic heterocycles. The summed E-state index contributed by atoms with van der Waals surface area (Å²) in [5, 5.41) is 0. The third-order valence-corrected chi connectivity index (χ3v) is 2.23. The van der Waals surface area contributed by atoms with Crippen molar-refractivity contribution in [3.8, 4) is 0 Å². The van der Waals surface area contributed by atoms with Gasteiger partial charge in [0, 0.05) is 11.1 Å². The second kappa shape index (κ2) is 4.21. The Labute approximate surface area is 84.7 Å². The average molecular weight is 220 g/mol. The van der Waals surface area contributed by atoms with E-state index in [1.807, 2.05) is 13.8 Å². The monoisotopic (exact) mass is 220 g/mol. The average Bonchev–Trinajstić information content (AvgIpc) is 2.01. The third-order valence-electron chi connectivity index (χ3n) is 1.54. The molecule has 0 saturated heterocycles. The van der Waals surface area contributed by atoms with Gasteiger partial charge in [0.25, 0.3) is 0 Å². The van der Waals surface area contributed by atoms with E-state index in [4.69, 9.17) is 0 Å². The summed E-state index contributed by atoms with van der Waals surface area (Å²) in [7, 11) is 0. The fraction of sp³-hybridized carbons (Fsp3) is 0.444. The largest absolute Gasteiger partial charge is 0.446 e. The molecule has 0 fully saturated rings. The highest BCUT2D eigenvalue weighted by molar-refractivity contribution is 8.00. The van der Waals surface area contributed by atoms with Crippen molar-refractivity contribution in [2.45, 2.75) is 30.2 Å². The predicted octanol–water partition coefficient (Wildman–Crippen LogP) is 3.62. The van der Waals surface area contributed by atoms with Crippen molar-refractivity contribution in [1.29, 1.82) is 0 Å². The molecule has 0 N–H and O–H groups in total. The lowest BCUT2D eigenvalue weighted by atomic mass is 10.1. The van der Waals surface area contributed by atoms with Crippen molar-refractivity contribution in [3.05, 3.63) is 24.0 Å². The van der Waals surface area contributed by atoms with Crippen LogP contribution in [0.3, 0.4) is 0 Å². The zero-order valence-electron chi connectivity index (χ0n) is 7.72. The second-order valence-corrected chi connectivity index (χ2v) is 4.21. The summed E-state index contributed by atoms with van der Waals surface area (Å²) in [6.07, 6.45) is 3.83. The van der Waals surface area contributed by atoms with Crippen LogP contribution in [-0.4, -0.2) is 10.5 Å². The lowest BCUT2D eigenvalue weighted by Crippen LogP contribution is -2.00. The molecule has 0 atom stereocenters. The van der Waals surface area contributed by atoms with Crippen LogP contribution in [0.25, 0.3) is 0 Å². The Morgan fingerprint density at radius 2 is 2.07 bits per heavy atom. The van der Waals surface area contributed by atoms with Crippen molar-refractivity contribution in [2.75, 3.05) is 0 Å². The minimum absolute atomic E-state index is 0.111. The van der Waals surface area contributed by atoms with Gasteiger partial charge < -0.3 is 0 Å². The summed E-state index contributed by atoms with van der Waals surface area (Å²) < 4.78 is 36.0. The number of thioether (sulfide) groups is 1. The van der Waals surface area contributed by atoms with Gasteiger partial charge in [0.15, 0.2) is 0 Å². The first-order chi connectivity index (χ1) is 6.38. The fourth-order valence-corrected chi connectivity index (χ4v) is 1.44. The molecule has 0 amide bonds. The first-order valence-electron chi connectivity index (χ1n) is 4.02. The third kappa shape index (κ3) is 3.57. The summed E-state index contributed by atoms with van der Waals surface area (Å²) in [6, 6.07) is 1.47. The van der Waals surface area contributed by atoms with Crippen molar-refractivity contribution in [2.24, 2.45) is 0 Å². The Kier molecular flexibility index (Phi) is 3.42. The number of hydrogen-bond acceptors (Lipinski definition) is 2. The fourth-order valence-electron chi connectivity index (χ4n) is 0.878. The van der Waals surface area contributed by atoms with E-state index in [9.17, 15) is 13.2 Å². The molecule has 0 aliphatic rings. The van der Waals surface area contributed by atoms with Crippen molar-refractivity contribution >= 4 is 11.8 Å². The van der Waals surface area contributed by atoms with Crippen LogP contribution >= 0.6 is 11.8 Å². The van der Waals surface area contributed by atoms with Gasteiger partial charge in [0.1, 0.15) is 0 Å². The van der Waals surface area contributed by atoms with E-state index in [0.29, 0.717) is 5.56 Å². The molecule has 1 rings (SSSR count). The summed E-state index contributed by atoms with van der Waals surface area (Å²) >= 11 is -0.150. The van der Waals surface area contributed by atoms with Crippen LogP contribution in [0.4, 0.5) is 13.2 Å². The number of nitrogens with zero attached hydrogens (tertiary/aromatic N) is 1. The molecule has 1 nitrogen and oxygen atoms in total. The maximum absolute atomic E-state index is 12.0. The van der Waals surface area contributed by atoms with E-state index in [1.165, 1.54) is 12.3 Å². The Bertz CT molecular complexity index is 309. The predicted molar refractivity (Wildman–Crippen MR) is 49.1 cm³/mol. The van der Waals surface area contributed by atoms with Crippen molar-refractivity contribution in [1.82, 2.24) is 4.98 Å². The highest BCUT2D eigenvalue weighted by Crippen LogP contribution is 2.37. The maximum Gasteiger partial charge on any atom is 0.446 e. The van der Waals surface area contributed by atoms with Crippen LogP contribution in [0, 0.1) is 6.20 Å². The van der Waals surface area contributed by atoms with Crippen molar-refractivity contribution in [3.63, 3.8) is 0 Å². The van der Waals surface area contributed by atoms with Crippen LogP contribution in [0.15, 0.2) is 17.2 Å². The normalized spacial score (nSPS) is 12.1. The molecule has 1 aromatic rings. The van der Waals surface area contributed by atoms with Gasteiger partial charge >= 0.3 is 5.51 Å². The summed E-state index contributed by atoms with van der Waals surface area (Å²) in [5.41, 5.74) is -3.56. The van der Waals surface area contributed by atoms with E-state index in [1.54, 1.807) is 0 Å². The van der Waals surface area contributed by atoms with Gasteiger partial charge in [-0.05, 0) is 29.3 Å². The van der Waals surface area contributed by atoms with E-state index >= 15 is 0 Å². The quantitative estimate of drug-likeness (QED) is 0.706. The van der Waals surface area contributed by atoms with E-state index in [-0.39, 0.29) is 22.6 Å². The first-order valence-corrected chi connectivity index (χ1v) is 4.83. The lowest BCUT2D eigenvalue weighted by molar-refractivity contribution is -0.0328. The molecule has 0 bridgehead atoms. The molecule has 0 unspecified atom stereocenters.